The lowest BCUT2D eigenvalue weighted by Crippen LogP contribution is -2.13. The van der Waals surface area contributed by atoms with Crippen LogP contribution < -0.4 is 9.80 Å². The van der Waals surface area contributed by atoms with E-state index in [-0.39, 0.29) is 0 Å². The minimum Gasteiger partial charge on any atom is -0.454 e. The zero-order valence-corrected chi connectivity index (χ0v) is 38.9. The van der Waals surface area contributed by atoms with Crippen molar-refractivity contribution >= 4 is 110 Å². The van der Waals surface area contributed by atoms with E-state index in [4.69, 9.17) is 8.83 Å². The Kier molecular flexibility index (Phi) is 9.09. The molecule has 0 spiro atoms. The van der Waals surface area contributed by atoms with Crippen LogP contribution in [0, 0.1) is 27.7 Å². The molecule has 12 aromatic rings. The molecule has 2 heterocycles. The maximum atomic E-state index is 7.05. The highest BCUT2D eigenvalue weighted by Gasteiger charge is 2.27. The fraction of sp³-hybridized carbons (Fsp3) is 0.161. The van der Waals surface area contributed by atoms with E-state index in [0.717, 1.165) is 78.0 Å². The van der Waals surface area contributed by atoms with Crippen molar-refractivity contribution in [2.45, 2.75) is 67.2 Å². The van der Waals surface area contributed by atoms with Crippen LogP contribution in [-0.4, -0.2) is 0 Å². The van der Waals surface area contributed by atoms with E-state index in [0.29, 0.717) is 11.8 Å². The maximum absolute atomic E-state index is 7.05. The molecule has 10 aromatic carbocycles. The summed E-state index contributed by atoms with van der Waals surface area (Å²) < 4.78 is 14.1. The van der Waals surface area contributed by atoms with Crippen LogP contribution in [0.3, 0.4) is 0 Å². The molecule has 0 saturated carbocycles. The van der Waals surface area contributed by atoms with Gasteiger partial charge in [-0.25, -0.2) is 0 Å². The SMILES string of the molecule is Cc1ccc(C)c(N(c2ccc3ccc4c(N(c5cc(C)ccc5C)c5cccc6c5oc5c(C(C)C)cccc56)ccc5ccc2c3c54)c2cccc3c2oc2c(C(C)C)cccc23)c1. The molecule has 66 heavy (non-hydrogen) atoms. The van der Waals surface area contributed by atoms with Gasteiger partial charge < -0.3 is 18.6 Å². The molecule has 4 heteroatoms. The molecule has 0 aliphatic rings. The quantitative estimate of drug-likeness (QED) is 0.143. The lowest BCUT2D eigenvalue weighted by atomic mass is 9.91. The second-order valence-corrected chi connectivity index (χ2v) is 19.1. The number of aryl methyl sites for hydroxylation is 4. The predicted molar refractivity (Wildman–Crippen MR) is 281 cm³/mol. The Morgan fingerprint density at radius 1 is 0.333 bits per heavy atom. The number of nitrogens with zero attached hydrogens (tertiary/aromatic N) is 2. The first kappa shape index (κ1) is 40.0. The monoisotopic (exact) mass is 856 g/mol. The summed E-state index contributed by atoms with van der Waals surface area (Å²) in [6.07, 6.45) is 0. The molecule has 322 valence electrons. The number of furan rings is 2. The van der Waals surface area contributed by atoms with Gasteiger partial charge in [-0.1, -0.05) is 149 Å². The third kappa shape index (κ3) is 5.97. The van der Waals surface area contributed by atoms with Gasteiger partial charge in [0.15, 0.2) is 11.2 Å². The van der Waals surface area contributed by atoms with Crippen LogP contribution in [0.2, 0.25) is 0 Å². The van der Waals surface area contributed by atoms with Crippen molar-refractivity contribution in [1.82, 2.24) is 0 Å². The van der Waals surface area contributed by atoms with Gasteiger partial charge in [0.1, 0.15) is 11.2 Å². The highest BCUT2D eigenvalue weighted by atomic mass is 16.3. The topological polar surface area (TPSA) is 32.8 Å². The van der Waals surface area contributed by atoms with Gasteiger partial charge in [0, 0.05) is 43.7 Å². The van der Waals surface area contributed by atoms with E-state index in [1.165, 1.54) is 65.7 Å². The van der Waals surface area contributed by atoms with Crippen molar-refractivity contribution in [3.63, 3.8) is 0 Å². The molecule has 0 N–H and O–H groups in total. The molecule has 0 aliphatic heterocycles. The Balaban J connectivity index is 1.15. The third-order valence-corrected chi connectivity index (χ3v) is 14.1. The molecule has 0 amide bonds. The first-order valence-electron chi connectivity index (χ1n) is 23.4. The van der Waals surface area contributed by atoms with Crippen molar-refractivity contribution in [1.29, 1.82) is 0 Å². The van der Waals surface area contributed by atoms with Crippen molar-refractivity contribution in [3.8, 4) is 0 Å². The Bertz CT molecular complexity index is 3650. The lowest BCUT2D eigenvalue weighted by molar-refractivity contribution is 0.657. The molecular formula is C62H52N2O2. The first-order valence-corrected chi connectivity index (χ1v) is 23.4. The predicted octanol–water partition coefficient (Wildman–Crippen LogP) is 18.8. The number of para-hydroxylation sites is 4. The van der Waals surface area contributed by atoms with Gasteiger partial charge in [0.2, 0.25) is 0 Å². The third-order valence-electron chi connectivity index (χ3n) is 14.1. The number of hydrogen-bond donors (Lipinski definition) is 0. The van der Waals surface area contributed by atoms with Crippen LogP contribution in [-0.2, 0) is 0 Å². The Morgan fingerprint density at radius 3 is 1.12 bits per heavy atom. The standard InChI is InChI=1S/C62H52N2O2/c1-35(2)43-13-9-15-45-47-17-11-19-53(61(47)65-59(43)45)63(55-33-37(5)21-23-39(55)7)51-31-27-41-26-30-50-52(32-28-42-25-29-49(51)57(41)58(42)50)64(56-34-38(6)22-24-40(56)8)54-20-12-18-48-46-16-10-14-44(36(3)4)60(46)66-62(48)54/h9-36H,1-8H3. The average molecular weight is 857 g/mol. The lowest BCUT2D eigenvalue weighted by Gasteiger charge is -2.30. The van der Waals surface area contributed by atoms with E-state index >= 15 is 0 Å². The maximum Gasteiger partial charge on any atom is 0.159 e. The minimum atomic E-state index is 0.324. The van der Waals surface area contributed by atoms with Crippen molar-refractivity contribution in [2.24, 2.45) is 0 Å². The van der Waals surface area contributed by atoms with Crippen LogP contribution in [0.25, 0.3) is 76.2 Å². The normalized spacial score (nSPS) is 12.2. The van der Waals surface area contributed by atoms with Crippen LogP contribution in [0.5, 0.6) is 0 Å². The zero-order chi connectivity index (χ0) is 45.1. The number of rotatable bonds is 8. The van der Waals surface area contributed by atoms with Gasteiger partial charge >= 0.3 is 0 Å². The summed E-state index contributed by atoms with van der Waals surface area (Å²) >= 11 is 0. The van der Waals surface area contributed by atoms with Gasteiger partial charge in [0.25, 0.3) is 0 Å². The average Bonchev–Trinajstić information content (AvgIpc) is 3.91. The van der Waals surface area contributed by atoms with E-state index in [1.54, 1.807) is 0 Å². The van der Waals surface area contributed by atoms with Gasteiger partial charge in [-0.2, -0.15) is 0 Å². The smallest absolute Gasteiger partial charge is 0.159 e. The van der Waals surface area contributed by atoms with Crippen molar-refractivity contribution < 1.29 is 8.83 Å². The first-order chi connectivity index (χ1) is 32.0. The molecule has 0 saturated heterocycles. The molecular weight excluding hydrogens is 805 g/mol. The van der Waals surface area contributed by atoms with Crippen molar-refractivity contribution in [3.05, 3.63) is 191 Å². The molecule has 0 bridgehead atoms. The van der Waals surface area contributed by atoms with E-state index < -0.39 is 0 Å². The fourth-order valence-corrected chi connectivity index (χ4v) is 10.8. The summed E-state index contributed by atoms with van der Waals surface area (Å²) in [7, 11) is 0. The summed E-state index contributed by atoms with van der Waals surface area (Å²) in [5.41, 5.74) is 17.4. The molecule has 0 atom stereocenters. The van der Waals surface area contributed by atoms with Crippen molar-refractivity contribution in [2.75, 3.05) is 9.80 Å². The number of anilines is 6. The van der Waals surface area contributed by atoms with Gasteiger partial charge in [0.05, 0.1) is 22.7 Å². The number of fused-ring (bicyclic) bond motifs is 6. The second-order valence-electron chi connectivity index (χ2n) is 19.1. The van der Waals surface area contributed by atoms with Gasteiger partial charge in [-0.05, 0) is 131 Å². The molecule has 12 rings (SSSR count). The van der Waals surface area contributed by atoms with Crippen LogP contribution >= 0.6 is 0 Å². The summed E-state index contributed by atoms with van der Waals surface area (Å²) in [4.78, 5) is 4.90. The summed E-state index contributed by atoms with van der Waals surface area (Å²) in [5, 5.41) is 11.8. The zero-order valence-electron chi connectivity index (χ0n) is 38.9. The highest BCUT2D eigenvalue weighted by molar-refractivity contribution is 6.29. The van der Waals surface area contributed by atoms with Crippen LogP contribution in [0.15, 0.2) is 167 Å². The van der Waals surface area contributed by atoms with Gasteiger partial charge in [-0.15, -0.1) is 0 Å². The number of benzene rings is 10. The molecule has 0 radical (unpaired) electrons. The Hall–Kier alpha value is -7.56. The van der Waals surface area contributed by atoms with Crippen LogP contribution in [0.4, 0.5) is 34.1 Å². The molecule has 4 nitrogen and oxygen atoms in total. The summed E-state index contributed by atoms with van der Waals surface area (Å²) in [5.74, 6) is 0.649. The summed E-state index contributed by atoms with van der Waals surface area (Å²) in [6.45, 7) is 17.8. The highest BCUT2D eigenvalue weighted by Crippen LogP contribution is 2.51. The Labute approximate surface area is 385 Å². The van der Waals surface area contributed by atoms with Gasteiger partial charge in [-0.3, -0.25) is 0 Å². The number of hydrogen-bond acceptors (Lipinski definition) is 4. The second kappa shape index (κ2) is 15.0. The largest absolute Gasteiger partial charge is 0.454 e. The Morgan fingerprint density at radius 2 is 0.712 bits per heavy atom. The summed E-state index contributed by atoms with van der Waals surface area (Å²) in [6, 6.07) is 58.4. The minimum absolute atomic E-state index is 0.324. The molecule has 0 unspecified atom stereocenters. The molecule has 0 aliphatic carbocycles. The molecule has 2 aromatic heterocycles. The molecule has 0 fully saturated rings. The fourth-order valence-electron chi connectivity index (χ4n) is 10.8. The van der Waals surface area contributed by atoms with Crippen LogP contribution in [0.1, 0.15) is 72.9 Å². The van der Waals surface area contributed by atoms with E-state index in [9.17, 15) is 0 Å². The van der Waals surface area contributed by atoms with E-state index in [2.05, 4.69) is 223 Å². The van der Waals surface area contributed by atoms with E-state index in [1.807, 2.05) is 0 Å².